The van der Waals surface area contributed by atoms with Gasteiger partial charge < -0.3 is 9.64 Å². The van der Waals surface area contributed by atoms with Crippen LogP contribution in [0, 0.1) is 5.82 Å². The van der Waals surface area contributed by atoms with E-state index < -0.39 is 35.3 Å². The molecule has 0 aliphatic carbocycles. The van der Waals surface area contributed by atoms with Crippen molar-refractivity contribution in [1.29, 1.82) is 0 Å². The molecule has 0 saturated heterocycles. The number of aliphatic imine (C=N–C) groups is 1. The topological polar surface area (TPSA) is 45.1 Å². The molecule has 158 valence electrons. The number of amides is 1. The van der Waals surface area contributed by atoms with Gasteiger partial charge in [-0.15, -0.1) is 0 Å². The maximum atomic E-state index is 13.4. The Hall–Kier alpha value is -2.58. The molecule has 9 heteroatoms. The van der Waals surface area contributed by atoms with E-state index in [9.17, 15) is 22.4 Å². The number of nitrogens with zero attached hydrogens (tertiary/aromatic N) is 3. The van der Waals surface area contributed by atoms with E-state index in [4.69, 9.17) is 4.74 Å². The van der Waals surface area contributed by atoms with Crippen molar-refractivity contribution in [2.45, 2.75) is 51.9 Å². The fraction of sp³-hybridized carbons (Fsp3) is 0.500. The van der Waals surface area contributed by atoms with Gasteiger partial charge in [0.15, 0.2) is 0 Å². The third-order valence-corrected chi connectivity index (χ3v) is 4.72. The fourth-order valence-corrected chi connectivity index (χ4v) is 3.42. The Labute approximate surface area is 166 Å². The molecular weight excluding hydrogens is 390 g/mol. The zero-order valence-electron chi connectivity index (χ0n) is 16.7. The highest BCUT2D eigenvalue weighted by Crippen LogP contribution is 2.35. The van der Waals surface area contributed by atoms with Crippen molar-refractivity contribution in [1.82, 2.24) is 9.80 Å². The molecule has 0 spiro atoms. The summed E-state index contributed by atoms with van der Waals surface area (Å²) in [7, 11) is 0. The monoisotopic (exact) mass is 413 g/mol. The van der Waals surface area contributed by atoms with Crippen LogP contribution in [0.2, 0.25) is 0 Å². The predicted octanol–water partition coefficient (Wildman–Crippen LogP) is 4.58. The Bertz CT molecular complexity index is 871. The summed E-state index contributed by atoms with van der Waals surface area (Å²) in [6.07, 6.45) is -3.56. The van der Waals surface area contributed by atoms with Crippen LogP contribution in [-0.2, 0) is 17.3 Å². The van der Waals surface area contributed by atoms with Crippen molar-refractivity contribution in [3.05, 3.63) is 47.2 Å². The number of hydrogen-bond acceptors (Lipinski definition) is 4. The number of benzene rings is 1. The van der Waals surface area contributed by atoms with E-state index in [0.29, 0.717) is 30.7 Å². The molecule has 5 nitrogen and oxygen atoms in total. The average molecular weight is 413 g/mol. The first-order chi connectivity index (χ1) is 13.3. The molecule has 1 atom stereocenters. The molecule has 0 fully saturated rings. The molecule has 2 heterocycles. The van der Waals surface area contributed by atoms with Gasteiger partial charge in [0.1, 0.15) is 17.2 Å². The van der Waals surface area contributed by atoms with Crippen LogP contribution in [-0.4, -0.2) is 46.3 Å². The molecule has 2 aliphatic rings. The van der Waals surface area contributed by atoms with Gasteiger partial charge in [0.2, 0.25) is 0 Å². The number of carbonyl (C=O) groups is 1. The van der Waals surface area contributed by atoms with E-state index in [0.717, 1.165) is 6.07 Å². The average Bonchev–Trinajstić information content (AvgIpc) is 2.88. The van der Waals surface area contributed by atoms with E-state index in [1.54, 1.807) is 33.9 Å². The molecular formula is C20H23F4N3O2. The highest BCUT2D eigenvalue weighted by Gasteiger charge is 2.38. The zero-order chi connectivity index (χ0) is 21.6. The molecule has 3 rings (SSSR count). The first-order valence-corrected chi connectivity index (χ1v) is 9.24. The summed E-state index contributed by atoms with van der Waals surface area (Å²) in [6.45, 7) is 7.76. The first kappa shape index (κ1) is 21.1. The number of hydrogen-bond donors (Lipinski definition) is 0. The number of fused-ring (bicyclic) bond motifs is 1. The van der Waals surface area contributed by atoms with Crippen LogP contribution < -0.4 is 0 Å². The van der Waals surface area contributed by atoms with Gasteiger partial charge in [0.25, 0.3) is 0 Å². The van der Waals surface area contributed by atoms with Crippen LogP contribution in [0.1, 0.15) is 38.8 Å². The predicted molar refractivity (Wildman–Crippen MR) is 99.7 cm³/mol. The minimum Gasteiger partial charge on any atom is -0.443 e. The molecule has 1 unspecified atom stereocenters. The van der Waals surface area contributed by atoms with Gasteiger partial charge in [0, 0.05) is 18.8 Å². The Balaban J connectivity index is 1.81. The zero-order valence-corrected chi connectivity index (χ0v) is 16.7. The van der Waals surface area contributed by atoms with Crippen molar-refractivity contribution < 1.29 is 27.1 Å². The number of rotatable bonds is 2. The summed E-state index contributed by atoms with van der Waals surface area (Å²) in [4.78, 5) is 20.0. The van der Waals surface area contributed by atoms with Gasteiger partial charge in [-0.05, 0) is 51.8 Å². The van der Waals surface area contributed by atoms with Gasteiger partial charge >= 0.3 is 12.3 Å². The van der Waals surface area contributed by atoms with Crippen molar-refractivity contribution in [3.8, 4) is 0 Å². The Morgan fingerprint density at radius 3 is 2.55 bits per heavy atom. The highest BCUT2D eigenvalue weighted by molar-refractivity contribution is 5.91. The van der Waals surface area contributed by atoms with E-state index in [2.05, 4.69) is 4.99 Å². The summed E-state index contributed by atoms with van der Waals surface area (Å²) in [5.74, 6) is -0.426. The second-order valence-corrected chi connectivity index (χ2v) is 8.13. The summed E-state index contributed by atoms with van der Waals surface area (Å²) in [5, 5.41) is 0. The third-order valence-electron chi connectivity index (χ3n) is 4.72. The molecule has 0 aromatic heterocycles. The van der Waals surface area contributed by atoms with Crippen molar-refractivity contribution in [3.63, 3.8) is 0 Å². The van der Waals surface area contributed by atoms with E-state index in [-0.39, 0.29) is 12.0 Å². The van der Waals surface area contributed by atoms with Gasteiger partial charge in [-0.25, -0.2) is 14.2 Å². The number of ether oxygens (including phenoxy) is 1. The van der Waals surface area contributed by atoms with Crippen LogP contribution in [0.25, 0.3) is 0 Å². The van der Waals surface area contributed by atoms with Crippen molar-refractivity contribution in [2.24, 2.45) is 4.99 Å². The van der Waals surface area contributed by atoms with Gasteiger partial charge in [-0.2, -0.15) is 13.2 Å². The third kappa shape index (κ3) is 4.71. The number of carbonyl (C=O) groups excluding carboxylic acids is 1. The molecule has 0 N–H and O–H groups in total. The lowest BCUT2D eigenvalue weighted by atomic mass is 9.97. The number of alkyl halides is 3. The molecule has 29 heavy (non-hydrogen) atoms. The maximum absolute atomic E-state index is 13.4. The van der Waals surface area contributed by atoms with Gasteiger partial charge in [-0.1, -0.05) is 6.07 Å². The SMILES string of the molecule is CC1=NC2=CN(C(=O)OC(C)(C)C)CCN2C1Cc1ccc(F)cc1C(F)(F)F. The van der Waals surface area contributed by atoms with Crippen molar-refractivity contribution >= 4 is 11.8 Å². The standard InChI is InChI=1S/C20H23F4N3O2/c1-12-16(9-13-5-6-14(21)10-15(13)20(22,23)24)27-8-7-26(11-17(27)25-12)18(28)29-19(2,3)4/h5-6,10-11,16H,7-9H2,1-4H3. The van der Waals surface area contributed by atoms with Gasteiger partial charge in [-0.3, -0.25) is 4.90 Å². The maximum Gasteiger partial charge on any atom is 0.416 e. The largest absolute Gasteiger partial charge is 0.443 e. The smallest absolute Gasteiger partial charge is 0.416 e. The van der Waals surface area contributed by atoms with Crippen LogP contribution in [0.5, 0.6) is 0 Å². The van der Waals surface area contributed by atoms with Crippen LogP contribution in [0.15, 0.2) is 35.2 Å². The molecule has 1 aromatic rings. The summed E-state index contributed by atoms with van der Waals surface area (Å²) >= 11 is 0. The quantitative estimate of drug-likeness (QED) is 0.667. The molecule has 2 aliphatic heterocycles. The van der Waals surface area contributed by atoms with Crippen LogP contribution >= 0.6 is 0 Å². The van der Waals surface area contributed by atoms with Gasteiger partial charge in [0.05, 0.1) is 17.8 Å². The summed E-state index contributed by atoms with van der Waals surface area (Å²) in [6, 6.07) is 2.33. The summed E-state index contributed by atoms with van der Waals surface area (Å²) in [5.41, 5.74) is -0.968. The van der Waals surface area contributed by atoms with Crippen molar-refractivity contribution in [2.75, 3.05) is 13.1 Å². The Morgan fingerprint density at radius 2 is 1.93 bits per heavy atom. The van der Waals surface area contributed by atoms with Crippen LogP contribution in [0.3, 0.4) is 0 Å². The molecule has 1 amide bonds. The minimum atomic E-state index is -4.64. The highest BCUT2D eigenvalue weighted by atomic mass is 19.4. The molecule has 1 aromatic carbocycles. The second kappa shape index (κ2) is 7.35. The fourth-order valence-electron chi connectivity index (χ4n) is 3.42. The van der Waals surface area contributed by atoms with E-state index in [1.807, 2.05) is 4.90 Å². The normalized spacial score (nSPS) is 19.7. The Morgan fingerprint density at radius 1 is 1.24 bits per heavy atom. The molecule has 0 bridgehead atoms. The minimum absolute atomic E-state index is 0.00859. The lowest BCUT2D eigenvalue weighted by Crippen LogP contribution is -2.46. The first-order valence-electron chi connectivity index (χ1n) is 9.24. The Kier molecular flexibility index (Phi) is 5.36. The number of halogens is 4. The molecule has 0 radical (unpaired) electrons. The van der Waals surface area contributed by atoms with E-state index in [1.165, 1.54) is 11.0 Å². The van der Waals surface area contributed by atoms with E-state index >= 15 is 0 Å². The molecule has 0 saturated carbocycles. The lowest BCUT2D eigenvalue weighted by Gasteiger charge is -2.35. The lowest BCUT2D eigenvalue weighted by molar-refractivity contribution is -0.138. The second-order valence-electron chi connectivity index (χ2n) is 8.13. The summed E-state index contributed by atoms with van der Waals surface area (Å²) < 4.78 is 58.7. The van der Waals surface area contributed by atoms with Crippen LogP contribution in [0.4, 0.5) is 22.4 Å².